The fourth-order valence-electron chi connectivity index (χ4n) is 3.29. The summed E-state index contributed by atoms with van der Waals surface area (Å²) in [5.74, 6) is 0. The summed E-state index contributed by atoms with van der Waals surface area (Å²) in [7, 11) is 0. The molecule has 2 fully saturated rings. The van der Waals surface area contributed by atoms with Crippen molar-refractivity contribution in [2.45, 2.75) is 44.4 Å². The van der Waals surface area contributed by atoms with Gasteiger partial charge < -0.3 is 4.74 Å². The number of morpholine rings is 1. The van der Waals surface area contributed by atoms with Crippen molar-refractivity contribution >= 4 is 0 Å². The third-order valence-corrected chi connectivity index (χ3v) is 4.32. The molecular formula is C16H20N2O. The van der Waals surface area contributed by atoms with E-state index in [1.165, 1.54) is 31.2 Å². The smallest absolute Gasteiger partial charge is 0.0991 e. The lowest BCUT2D eigenvalue weighted by Gasteiger charge is -2.43. The molecule has 2 aliphatic rings. The van der Waals surface area contributed by atoms with Crippen LogP contribution in [0.15, 0.2) is 24.3 Å². The van der Waals surface area contributed by atoms with Crippen LogP contribution in [0.1, 0.15) is 36.8 Å². The highest BCUT2D eigenvalue weighted by Gasteiger charge is 2.33. The first-order chi connectivity index (χ1) is 9.36. The molecule has 1 aliphatic carbocycles. The van der Waals surface area contributed by atoms with E-state index in [2.05, 4.69) is 23.1 Å². The second-order valence-electron chi connectivity index (χ2n) is 5.54. The molecule has 0 bridgehead atoms. The topological polar surface area (TPSA) is 36.3 Å². The van der Waals surface area contributed by atoms with E-state index in [4.69, 9.17) is 10.00 Å². The van der Waals surface area contributed by atoms with Gasteiger partial charge in [0.25, 0.3) is 0 Å². The van der Waals surface area contributed by atoms with Crippen LogP contribution >= 0.6 is 0 Å². The first-order valence-electron chi connectivity index (χ1n) is 7.21. The molecule has 2 unspecified atom stereocenters. The Morgan fingerprint density at radius 2 is 2.00 bits per heavy atom. The van der Waals surface area contributed by atoms with Gasteiger partial charge >= 0.3 is 0 Å². The van der Waals surface area contributed by atoms with E-state index >= 15 is 0 Å². The first kappa shape index (κ1) is 12.7. The Hall–Kier alpha value is -1.37. The van der Waals surface area contributed by atoms with Gasteiger partial charge in [0.1, 0.15) is 0 Å². The van der Waals surface area contributed by atoms with Gasteiger partial charge in [-0.15, -0.1) is 0 Å². The number of nitriles is 1. The maximum Gasteiger partial charge on any atom is 0.0991 e. The van der Waals surface area contributed by atoms with Gasteiger partial charge in [0.15, 0.2) is 0 Å². The molecule has 1 saturated carbocycles. The van der Waals surface area contributed by atoms with Crippen LogP contribution in [0.2, 0.25) is 0 Å². The number of hydrogen-bond acceptors (Lipinski definition) is 3. The van der Waals surface area contributed by atoms with Crippen LogP contribution in [-0.4, -0.2) is 30.2 Å². The predicted octanol–water partition coefficient (Wildman–Crippen LogP) is 2.70. The maximum absolute atomic E-state index is 8.83. The van der Waals surface area contributed by atoms with Crippen molar-refractivity contribution in [1.29, 1.82) is 5.26 Å². The molecule has 0 radical (unpaired) electrons. The monoisotopic (exact) mass is 256 g/mol. The summed E-state index contributed by atoms with van der Waals surface area (Å²) >= 11 is 0. The SMILES string of the molecule is N#Cc1ccc(CN2CCOC3CCCCC32)cc1. The molecule has 1 heterocycles. The highest BCUT2D eigenvalue weighted by atomic mass is 16.5. The standard InChI is InChI=1S/C16H20N2O/c17-11-13-5-7-14(8-6-13)12-18-9-10-19-16-4-2-1-3-15(16)18/h5-8,15-16H,1-4,9-10,12H2. The van der Waals surface area contributed by atoms with Crippen molar-refractivity contribution in [1.82, 2.24) is 4.90 Å². The van der Waals surface area contributed by atoms with Crippen LogP contribution in [0.25, 0.3) is 0 Å². The molecule has 1 aromatic carbocycles. The van der Waals surface area contributed by atoms with Gasteiger partial charge in [-0.2, -0.15) is 5.26 Å². The minimum absolute atomic E-state index is 0.445. The summed E-state index contributed by atoms with van der Waals surface area (Å²) in [6, 6.07) is 10.7. The Kier molecular flexibility index (Phi) is 3.82. The Labute approximate surface area is 114 Å². The first-order valence-corrected chi connectivity index (χ1v) is 7.21. The molecule has 100 valence electrons. The molecule has 1 saturated heterocycles. The second-order valence-corrected chi connectivity index (χ2v) is 5.54. The zero-order chi connectivity index (χ0) is 13.1. The normalized spacial score (nSPS) is 27.5. The van der Waals surface area contributed by atoms with Crippen LogP contribution in [0.4, 0.5) is 0 Å². The fraction of sp³-hybridized carbons (Fsp3) is 0.562. The summed E-state index contributed by atoms with van der Waals surface area (Å²) in [5.41, 5.74) is 2.03. The fourth-order valence-corrected chi connectivity index (χ4v) is 3.29. The van der Waals surface area contributed by atoms with Crippen molar-refractivity contribution in [2.24, 2.45) is 0 Å². The third kappa shape index (κ3) is 2.80. The Bertz CT molecular complexity index is 461. The molecule has 0 N–H and O–H groups in total. The highest BCUT2D eigenvalue weighted by molar-refractivity contribution is 5.31. The van der Waals surface area contributed by atoms with Gasteiger partial charge in [-0.3, -0.25) is 4.90 Å². The van der Waals surface area contributed by atoms with Gasteiger partial charge in [-0.05, 0) is 30.5 Å². The molecular weight excluding hydrogens is 236 g/mol. The van der Waals surface area contributed by atoms with Crippen molar-refractivity contribution < 1.29 is 4.74 Å². The van der Waals surface area contributed by atoms with Gasteiger partial charge in [0.2, 0.25) is 0 Å². The van der Waals surface area contributed by atoms with E-state index < -0.39 is 0 Å². The lowest BCUT2D eigenvalue weighted by atomic mass is 9.90. The lowest BCUT2D eigenvalue weighted by molar-refractivity contribution is -0.0911. The predicted molar refractivity (Wildman–Crippen MR) is 73.6 cm³/mol. The minimum Gasteiger partial charge on any atom is -0.375 e. The molecule has 0 amide bonds. The molecule has 0 spiro atoms. The summed E-state index contributed by atoms with van der Waals surface area (Å²) in [5, 5.41) is 8.83. The third-order valence-electron chi connectivity index (χ3n) is 4.32. The van der Waals surface area contributed by atoms with E-state index in [9.17, 15) is 0 Å². The molecule has 3 nitrogen and oxygen atoms in total. The summed E-state index contributed by atoms with van der Waals surface area (Å²) < 4.78 is 5.90. The molecule has 2 atom stereocenters. The Morgan fingerprint density at radius 1 is 1.21 bits per heavy atom. The number of benzene rings is 1. The van der Waals surface area contributed by atoms with Crippen LogP contribution in [0.3, 0.4) is 0 Å². The molecule has 1 aliphatic heterocycles. The number of ether oxygens (including phenoxy) is 1. The quantitative estimate of drug-likeness (QED) is 0.816. The Morgan fingerprint density at radius 3 is 2.79 bits per heavy atom. The molecule has 0 aromatic heterocycles. The van der Waals surface area contributed by atoms with Gasteiger partial charge in [-0.25, -0.2) is 0 Å². The summed E-state index contributed by atoms with van der Waals surface area (Å²) in [6.07, 6.45) is 5.57. The van der Waals surface area contributed by atoms with Crippen molar-refractivity contribution in [3.63, 3.8) is 0 Å². The van der Waals surface area contributed by atoms with Crippen molar-refractivity contribution in [3.8, 4) is 6.07 Å². The molecule has 3 rings (SSSR count). The number of nitrogens with zero attached hydrogens (tertiary/aromatic N) is 2. The van der Waals surface area contributed by atoms with E-state index in [0.717, 1.165) is 25.3 Å². The molecule has 3 heteroatoms. The van der Waals surface area contributed by atoms with Gasteiger partial charge in [0.05, 0.1) is 24.3 Å². The van der Waals surface area contributed by atoms with E-state index in [0.29, 0.717) is 12.1 Å². The van der Waals surface area contributed by atoms with Crippen LogP contribution in [-0.2, 0) is 11.3 Å². The zero-order valence-corrected chi connectivity index (χ0v) is 11.2. The largest absolute Gasteiger partial charge is 0.375 e. The maximum atomic E-state index is 8.83. The lowest BCUT2D eigenvalue weighted by Crippen LogP contribution is -2.52. The number of hydrogen-bond donors (Lipinski definition) is 0. The number of fused-ring (bicyclic) bond motifs is 1. The number of rotatable bonds is 2. The van der Waals surface area contributed by atoms with Gasteiger partial charge in [0, 0.05) is 19.1 Å². The van der Waals surface area contributed by atoms with Gasteiger partial charge in [-0.1, -0.05) is 25.0 Å². The van der Waals surface area contributed by atoms with E-state index in [1.54, 1.807) is 0 Å². The Balaban J connectivity index is 1.68. The van der Waals surface area contributed by atoms with Crippen molar-refractivity contribution in [2.75, 3.05) is 13.2 Å². The van der Waals surface area contributed by atoms with E-state index in [1.807, 2.05) is 12.1 Å². The summed E-state index contributed by atoms with van der Waals surface area (Å²) in [6.45, 7) is 2.87. The second kappa shape index (κ2) is 5.73. The van der Waals surface area contributed by atoms with Crippen LogP contribution in [0, 0.1) is 11.3 Å². The van der Waals surface area contributed by atoms with E-state index in [-0.39, 0.29) is 0 Å². The molecule has 19 heavy (non-hydrogen) atoms. The minimum atomic E-state index is 0.445. The zero-order valence-electron chi connectivity index (χ0n) is 11.2. The highest BCUT2D eigenvalue weighted by Crippen LogP contribution is 2.29. The van der Waals surface area contributed by atoms with Crippen molar-refractivity contribution in [3.05, 3.63) is 35.4 Å². The average molecular weight is 256 g/mol. The molecule has 1 aromatic rings. The van der Waals surface area contributed by atoms with Crippen LogP contribution in [0.5, 0.6) is 0 Å². The summed E-state index contributed by atoms with van der Waals surface area (Å²) in [4.78, 5) is 2.56. The average Bonchev–Trinajstić information content (AvgIpc) is 2.48. The van der Waals surface area contributed by atoms with Crippen LogP contribution < -0.4 is 0 Å².